The fourth-order valence-corrected chi connectivity index (χ4v) is 5.02. The van der Waals surface area contributed by atoms with Gasteiger partial charge in [-0.25, -0.2) is 13.1 Å². The third-order valence-electron chi connectivity index (χ3n) is 5.30. The molecule has 1 aromatic carbocycles. The highest BCUT2D eigenvalue weighted by Crippen LogP contribution is 2.27. The molecular formula is C19H24N2O3S. The maximum absolute atomic E-state index is 12.8. The number of benzene rings is 1. The number of sulfonamides is 1. The Bertz CT molecular complexity index is 824. The zero-order chi connectivity index (χ0) is 17.3. The Morgan fingerprint density at radius 1 is 1.08 bits per heavy atom. The summed E-state index contributed by atoms with van der Waals surface area (Å²) in [5.41, 5.74) is 2.45. The Morgan fingerprint density at radius 3 is 2.64 bits per heavy atom. The molecule has 134 valence electrons. The molecule has 1 aromatic heterocycles. The van der Waals surface area contributed by atoms with E-state index in [0.717, 1.165) is 51.0 Å². The van der Waals surface area contributed by atoms with Gasteiger partial charge in [0.1, 0.15) is 5.76 Å². The van der Waals surface area contributed by atoms with Crippen molar-refractivity contribution in [1.29, 1.82) is 0 Å². The van der Waals surface area contributed by atoms with Crippen LogP contribution < -0.4 is 4.72 Å². The molecule has 6 heteroatoms. The van der Waals surface area contributed by atoms with E-state index in [2.05, 4.69) is 9.62 Å². The van der Waals surface area contributed by atoms with Crippen LogP contribution in [0.15, 0.2) is 45.9 Å². The highest BCUT2D eigenvalue weighted by molar-refractivity contribution is 7.89. The summed E-state index contributed by atoms with van der Waals surface area (Å²) in [5, 5.41) is 0. The van der Waals surface area contributed by atoms with Gasteiger partial charge in [0.05, 0.1) is 17.2 Å². The van der Waals surface area contributed by atoms with Gasteiger partial charge in [0.25, 0.3) is 0 Å². The lowest BCUT2D eigenvalue weighted by Gasteiger charge is -2.26. The summed E-state index contributed by atoms with van der Waals surface area (Å²) in [6.07, 6.45) is 7.08. The Morgan fingerprint density at radius 2 is 1.88 bits per heavy atom. The fourth-order valence-electron chi connectivity index (χ4n) is 3.93. The summed E-state index contributed by atoms with van der Waals surface area (Å²) in [7, 11) is -3.52. The maximum Gasteiger partial charge on any atom is 0.240 e. The SMILES string of the molecule is O=S(=O)(NCC(c1ccco1)N1CCCC1)c1ccc2c(c1)CCC2. The van der Waals surface area contributed by atoms with E-state index in [1.165, 1.54) is 11.1 Å². The minimum Gasteiger partial charge on any atom is -0.468 e. The van der Waals surface area contributed by atoms with Crippen LogP contribution in [0.2, 0.25) is 0 Å². The fraction of sp³-hybridized carbons (Fsp3) is 0.474. The van der Waals surface area contributed by atoms with Gasteiger partial charge in [-0.05, 0) is 80.6 Å². The van der Waals surface area contributed by atoms with Crippen LogP contribution in [-0.2, 0) is 22.9 Å². The van der Waals surface area contributed by atoms with Crippen molar-refractivity contribution in [2.24, 2.45) is 0 Å². The average molecular weight is 360 g/mol. The van der Waals surface area contributed by atoms with E-state index < -0.39 is 10.0 Å². The molecule has 0 radical (unpaired) electrons. The number of furan rings is 1. The molecule has 1 atom stereocenters. The van der Waals surface area contributed by atoms with Gasteiger partial charge in [-0.1, -0.05) is 6.07 Å². The lowest BCUT2D eigenvalue weighted by molar-refractivity contribution is 0.216. The van der Waals surface area contributed by atoms with Crippen LogP contribution >= 0.6 is 0 Å². The van der Waals surface area contributed by atoms with Gasteiger partial charge in [0, 0.05) is 6.54 Å². The predicted molar refractivity (Wildman–Crippen MR) is 95.9 cm³/mol. The maximum atomic E-state index is 12.8. The third kappa shape index (κ3) is 3.52. The standard InChI is InChI=1S/C19H24N2O3S/c22-25(23,17-9-8-15-5-3-6-16(15)13-17)20-14-18(19-7-4-12-24-19)21-10-1-2-11-21/h4,7-9,12-13,18,20H,1-3,5-6,10-11,14H2. The van der Waals surface area contributed by atoms with E-state index in [4.69, 9.17) is 4.42 Å². The molecule has 1 fully saturated rings. The molecule has 1 N–H and O–H groups in total. The molecule has 1 aliphatic heterocycles. The molecular weight excluding hydrogens is 336 g/mol. The van der Waals surface area contributed by atoms with E-state index in [1.807, 2.05) is 24.3 Å². The minimum atomic E-state index is -3.52. The first-order valence-electron chi connectivity index (χ1n) is 9.02. The molecule has 2 aromatic rings. The third-order valence-corrected chi connectivity index (χ3v) is 6.72. The largest absolute Gasteiger partial charge is 0.468 e. The summed E-state index contributed by atoms with van der Waals surface area (Å²) in [4.78, 5) is 2.66. The van der Waals surface area contributed by atoms with Crippen LogP contribution in [0.4, 0.5) is 0 Å². The van der Waals surface area contributed by atoms with Crippen molar-refractivity contribution in [2.75, 3.05) is 19.6 Å². The van der Waals surface area contributed by atoms with Gasteiger partial charge in [-0.3, -0.25) is 4.90 Å². The lowest BCUT2D eigenvalue weighted by atomic mass is 10.1. The summed E-state index contributed by atoms with van der Waals surface area (Å²) < 4.78 is 33.9. The van der Waals surface area contributed by atoms with E-state index in [0.29, 0.717) is 11.4 Å². The zero-order valence-corrected chi connectivity index (χ0v) is 15.1. The first-order valence-corrected chi connectivity index (χ1v) is 10.5. The number of aryl methyl sites for hydroxylation is 2. The first kappa shape index (κ1) is 16.8. The summed E-state index contributed by atoms with van der Waals surface area (Å²) >= 11 is 0. The smallest absolute Gasteiger partial charge is 0.240 e. The summed E-state index contributed by atoms with van der Waals surface area (Å²) in [6, 6.07) is 9.25. The topological polar surface area (TPSA) is 62.6 Å². The molecule has 2 heterocycles. The summed E-state index contributed by atoms with van der Waals surface area (Å²) in [5.74, 6) is 0.818. The van der Waals surface area contributed by atoms with Crippen LogP contribution in [0.1, 0.15) is 42.2 Å². The Balaban J connectivity index is 1.51. The molecule has 0 spiro atoms. The number of hydrogen-bond donors (Lipinski definition) is 1. The second kappa shape index (κ2) is 6.94. The van der Waals surface area contributed by atoms with Crippen molar-refractivity contribution in [3.8, 4) is 0 Å². The van der Waals surface area contributed by atoms with Crippen LogP contribution in [0.25, 0.3) is 0 Å². The van der Waals surface area contributed by atoms with E-state index >= 15 is 0 Å². The first-order chi connectivity index (χ1) is 12.1. The van der Waals surface area contributed by atoms with E-state index in [1.54, 1.807) is 12.3 Å². The van der Waals surface area contributed by atoms with Crippen molar-refractivity contribution < 1.29 is 12.8 Å². The van der Waals surface area contributed by atoms with Crippen LogP contribution in [-0.4, -0.2) is 33.0 Å². The van der Waals surface area contributed by atoms with Crippen molar-refractivity contribution >= 4 is 10.0 Å². The average Bonchev–Trinajstić information content (AvgIpc) is 3.36. The van der Waals surface area contributed by atoms with Crippen molar-refractivity contribution in [1.82, 2.24) is 9.62 Å². The number of nitrogens with one attached hydrogen (secondary N) is 1. The van der Waals surface area contributed by atoms with Crippen molar-refractivity contribution in [2.45, 2.75) is 43.0 Å². The molecule has 0 saturated carbocycles. The molecule has 2 aliphatic rings. The molecule has 5 nitrogen and oxygen atoms in total. The van der Waals surface area contributed by atoms with Gasteiger partial charge in [0.2, 0.25) is 10.0 Å². The van der Waals surface area contributed by atoms with Gasteiger partial charge in [0.15, 0.2) is 0 Å². The van der Waals surface area contributed by atoms with Gasteiger partial charge >= 0.3 is 0 Å². The van der Waals surface area contributed by atoms with E-state index in [9.17, 15) is 8.42 Å². The van der Waals surface area contributed by atoms with Crippen LogP contribution in [0.5, 0.6) is 0 Å². The van der Waals surface area contributed by atoms with Gasteiger partial charge in [-0.2, -0.15) is 0 Å². The van der Waals surface area contributed by atoms with Crippen LogP contribution in [0, 0.1) is 0 Å². The van der Waals surface area contributed by atoms with Gasteiger partial charge in [-0.15, -0.1) is 0 Å². The molecule has 1 saturated heterocycles. The van der Waals surface area contributed by atoms with E-state index in [-0.39, 0.29) is 6.04 Å². The molecule has 25 heavy (non-hydrogen) atoms. The molecule has 4 rings (SSSR count). The number of rotatable bonds is 6. The second-order valence-corrected chi connectivity index (χ2v) is 8.68. The van der Waals surface area contributed by atoms with Crippen molar-refractivity contribution in [3.05, 3.63) is 53.5 Å². The number of fused-ring (bicyclic) bond motifs is 1. The van der Waals surface area contributed by atoms with Crippen LogP contribution in [0.3, 0.4) is 0 Å². The Labute approximate surface area is 149 Å². The highest BCUT2D eigenvalue weighted by Gasteiger charge is 2.27. The highest BCUT2D eigenvalue weighted by atomic mass is 32.2. The van der Waals surface area contributed by atoms with Crippen molar-refractivity contribution in [3.63, 3.8) is 0 Å². The minimum absolute atomic E-state index is 0.0540. The lowest BCUT2D eigenvalue weighted by Crippen LogP contribution is -2.36. The monoisotopic (exact) mass is 360 g/mol. The number of likely N-dealkylation sites (tertiary alicyclic amines) is 1. The molecule has 0 bridgehead atoms. The number of hydrogen-bond acceptors (Lipinski definition) is 4. The Kier molecular flexibility index (Phi) is 4.67. The second-order valence-electron chi connectivity index (χ2n) is 6.91. The normalized spacial score (nSPS) is 19.2. The molecule has 0 amide bonds. The quantitative estimate of drug-likeness (QED) is 0.860. The molecule has 1 unspecified atom stereocenters. The summed E-state index contributed by atoms with van der Waals surface area (Å²) in [6.45, 7) is 2.28. The zero-order valence-electron chi connectivity index (χ0n) is 14.3. The predicted octanol–water partition coefficient (Wildman–Crippen LogP) is 2.88. The Hall–Kier alpha value is -1.63. The molecule has 1 aliphatic carbocycles. The number of nitrogens with zero attached hydrogens (tertiary/aromatic N) is 1. The van der Waals surface area contributed by atoms with Gasteiger partial charge < -0.3 is 4.42 Å².